The van der Waals surface area contributed by atoms with Crippen LogP contribution in [0.25, 0.3) is 0 Å². The van der Waals surface area contributed by atoms with Gasteiger partial charge in [0.25, 0.3) is 17.7 Å². The van der Waals surface area contributed by atoms with Crippen LogP contribution in [-0.4, -0.2) is 78.5 Å². The molecule has 2 aliphatic heterocycles. The summed E-state index contributed by atoms with van der Waals surface area (Å²) in [6.45, 7) is 5.11. The zero-order valence-corrected chi connectivity index (χ0v) is 28.1. The highest BCUT2D eigenvalue weighted by Crippen LogP contribution is 2.32. The number of hydrogen-bond donors (Lipinski definition) is 1. The Balaban J connectivity index is 1.57. The van der Waals surface area contributed by atoms with Crippen LogP contribution in [0.15, 0.2) is 54.6 Å². The Morgan fingerprint density at radius 1 is 0.958 bits per heavy atom. The lowest BCUT2D eigenvalue weighted by Crippen LogP contribution is -2.53. The Bertz CT molecular complexity index is 1580. The molecular formula is C36H43N3O9. The van der Waals surface area contributed by atoms with Gasteiger partial charge in [-0.1, -0.05) is 39.0 Å². The van der Waals surface area contributed by atoms with Crippen molar-refractivity contribution in [2.24, 2.45) is 5.41 Å². The van der Waals surface area contributed by atoms with Crippen molar-refractivity contribution in [3.8, 4) is 11.5 Å². The lowest BCUT2D eigenvalue weighted by Gasteiger charge is -2.36. The maximum absolute atomic E-state index is 13.8. The number of ether oxygens (including phenoxy) is 3. The van der Waals surface area contributed by atoms with Gasteiger partial charge in [0.1, 0.15) is 18.7 Å². The third-order valence-electron chi connectivity index (χ3n) is 8.87. The van der Waals surface area contributed by atoms with Crippen molar-refractivity contribution >= 4 is 41.1 Å². The minimum atomic E-state index is -0.918. The van der Waals surface area contributed by atoms with Crippen LogP contribution < -0.4 is 14.8 Å². The Morgan fingerprint density at radius 2 is 1.67 bits per heavy atom. The minimum Gasteiger partial charge on any atom is -0.493 e. The van der Waals surface area contributed by atoms with Gasteiger partial charge in [0, 0.05) is 29.8 Å². The number of amides is 4. The second-order valence-electron chi connectivity index (χ2n) is 12.5. The van der Waals surface area contributed by atoms with Crippen molar-refractivity contribution in [2.75, 3.05) is 32.6 Å². The quantitative estimate of drug-likeness (QED) is 0.179. The molecule has 2 aliphatic rings. The highest BCUT2D eigenvalue weighted by atomic mass is 16.5. The number of likely N-dealkylation sites (tertiary alicyclic amines) is 1. The number of hydrogen-bond acceptors (Lipinski definition) is 9. The van der Waals surface area contributed by atoms with E-state index in [4.69, 9.17) is 14.2 Å². The standard InChI is InChI=1S/C36H43N3O9/c1-6-36(2,3)33(43)34(44)38-19-8-7-12-26(38)35(45)48-27(15-13-23-14-16-28(46-4)29(20-23)47-5)24-10-9-11-25(21-24)37-30(40)22-39-31(41)17-18-32(39)42/h9-11,14,16-18,20-21,26-27H,6-8,12-13,15,19,22H2,1-5H3,(H,37,40)/t26-,27+/m0/s1. The molecule has 4 rings (SSSR count). The van der Waals surface area contributed by atoms with E-state index in [9.17, 15) is 28.8 Å². The highest BCUT2D eigenvalue weighted by Gasteiger charge is 2.41. The van der Waals surface area contributed by atoms with E-state index in [0.29, 0.717) is 61.3 Å². The van der Waals surface area contributed by atoms with Gasteiger partial charge in [-0.15, -0.1) is 0 Å². The molecule has 0 spiro atoms. The molecule has 2 aromatic carbocycles. The lowest BCUT2D eigenvalue weighted by atomic mass is 9.84. The summed E-state index contributed by atoms with van der Waals surface area (Å²) in [5, 5.41) is 2.70. The van der Waals surface area contributed by atoms with Crippen LogP contribution in [-0.2, 0) is 39.9 Å². The molecule has 12 heteroatoms. The molecular weight excluding hydrogens is 618 g/mol. The molecule has 1 saturated heterocycles. The molecule has 2 aromatic rings. The van der Waals surface area contributed by atoms with Crippen LogP contribution in [0.3, 0.4) is 0 Å². The van der Waals surface area contributed by atoms with E-state index in [-0.39, 0.29) is 6.54 Å². The summed E-state index contributed by atoms with van der Waals surface area (Å²) in [6.07, 6.45) is 4.44. The Morgan fingerprint density at radius 3 is 2.33 bits per heavy atom. The van der Waals surface area contributed by atoms with Gasteiger partial charge >= 0.3 is 5.97 Å². The summed E-state index contributed by atoms with van der Waals surface area (Å²) in [4.78, 5) is 79.0. The Kier molecular flexibility index (Phi) is 11.7. The largest absolute Gasteiger partial charge is 0.493 e. The normalized spacial score (nSPS) is 16.8. The average molecular weight is 662 g/mol. The fraction of sp³-hybridized carbons (Fsp3) is 0.444. The van der Waals surface area contributed by atoms with Crippen molar-refractivity contribution in [3.05, 3.63) is 65.7 Å². The second kappa shape index (κ2) is 15.7. The summed E-state index contributed by atoms with van der Waals surface area (Å²) < 4.78 is 16.9. The second-order valence-corrected chi connectivity index (χ2v) is 12.5. The van der Waals surface area contributed by atoms with Crippen molar-refractivity contribution in [1.82, 2.24) is 9.80 Å². The Hall–Kier alpha value is -5.00. The molecule has 0 unspecified atom stereocenters. The molecule has 1 N–H and O–H groups in total. The number of carbonyl (C=O) groups excluding carboxylic acids is 6. The van der Waals surface area contributed by atoms with Crippen molar-refractivity contribution in [2.45, 2.75) is 71.4 Å². The number of methoxy groups -OCH3 is 2. The van der Waals surface area contributed by atoms with Gasteiger partial charge in [0.15, 0.2) is 11.5 Å². The molecule has 4 amide bonds. The summed E-state index contributed by atoms with van der Waals surface area (Å²) in [5.41, 5.74) is 0.988. The summed E-state index contributed by atoms with van der Waals surface area (Å²) in [5.74, 6) is -2.42. The molecule has 1 fully saturated rings. The molecule has 0 aromatic heterocycles. The number of aryl methyl sites for hydroxylation is 1. The number of piperidine rings is 1. The van der Waals surface area contributed by atoms with E-state index in [2.05, 4.69) is 5.32 Å². The van der Waals surface area contributed by atoms with E-state index in [1.807, 2.05) is 19.1 Å². The highest BCUT2D eigenvalue weighted by molar-refractivity contribution is 6.38. The topological polar surface area (TPSA) is 149 Å². The Labute approximate surface area is 280 Å². The number of esters is 1. The van der Waals surface area contributed by atoms with E-state index in [1.165, 1.54) is 4.90 Å². The van der Waals surface area contributed by atoms with Gasteiger partial charge in [0.05, 0.1) is 14.2 Å². The van der Waals surface area contributed by atoms with Crippen molar-refractivity contribution < 1.29 is 43.0 Å². The van der Waals surface area contributed by atoms with E-state index in [0.717, 1.165) is 22.6 Å². The van der Waals surface area contributed by atoms with Crippen LogP contribution in [0.1, 0.15) is 70.1 Å². The number of nitrogens with one attached hydrogen (secondary N) is 1. The van der Waals surface area contributed by atoms with Crippen LogP contribution in [0.4, 0.5) is 5.69 Å². The number of nitrogens with zero attached hydrogens (tertiary/aromatic N) is 2. The fourth-order valence-corrected chi connectivity index (χ4v) is 5.59. The average Bonchev–Trinajstić information content (AvgIpc) is 3.41. The number of carbonyl (C=O) groups is 6. The van der Waals surface area contributed by atoms with Gasteiger partial charge in [-0.25, -0.2) is 4.79 Å². The third-order valence-corrected chi connectivity index (χ3v) is 8.87. The molecule has 2 heterocycles. The smallest absolute Gasteiger partial charge is 0.329 e. The number of anilines is 1. The molecule has 0 aliphatic carbocycles. The van der Waals surface area contributed by atoms with Crippen LogP contribution in [0.2, 0.25) is 0 Å². The predicted molar refractivity (Wildman–Crippen MR) is 176 cm³/mol. The first-order chi connectivity index (χ1) is 22.9. The number of rotatable bonds is 14. The molecule has 12 nitrogen and oxygen atoms in total. The molecule has 0 saturated carbocycles. The fourth-order valence-electron chi connectivity index (χ4n) is 5.59. The molecule has 48 heavy (non-hydrogen) atoms. The lowest BCUT2D eigenvalue weighted by molar-refractivity contribution is -0.164. The van der Waals surface area contributed by atoms with E-state index in [1.54, 1.807) is 58.4 Å². The SMILES string of the molecule is CCC(C)(C)C(=O)C(=O)N1CCCC[C@H]1C(=O)O[C@H](CCc1ccc(OC)c(OC)c1)c1cccc(NC(=O)CN2C(=O)C=CC2=O)c1. The van der Waals surface area contributed by atoms with Crippen molar-refractivity contribution in [3.63, 3.8) is 0 Å². The number of ketones is 1. The zero-order valence-electron chi connectivity index (χ0n) is 28.1. The summed E-state index contributed by atoms with van der Waals surface area (Å²) in [7, 11) is 3.09. The first kappa shape index (κ1) is 35.8. The maximum atomic E-state index is 13.8. The maximum Gasteiger partial charge on any atom is 0.329 e. The van der Waals surface area contributed by atoms with Crippen LogP contribution in [0, 0.1) is 5.41 Å². The number of benzene rings is 2. The third kappa shape index (κ3) is 8.47. The van der Waals surface area contributed by atoms with Gasteiger partial charge in [-0.05, 0) is 73.9 Å². The minimum absolute atomic E-state index is 0.277. The van der Waals surface area contributed by atoms with Gasteiger partial charge in [0.2, 0.25) is 11.7 Å². The number of imide groups is 1. The molecule has 0 bridgehead atoms. The van der Waals surface area contributed by atoms with Crippen molar-refractivity contribution in [1.29, 1.82) is 0 Å². The van der Waals surface area contributed by atoms with E-state index >= 15 is 0 Å². The summed E-state index contributed by atoms with van der Waals surface area (Å²) in [6, 6.07) is 11.4. The molecule has 0 radical (unpaired) electrons. The monoisotopic (exact) mass is 661 g/mol. The first-order valence-corrected chi connectivity index (χ1v) is 16.1. The first-order valence-electron chi connectivity index (χ1n) is 16.1. The summed E-state index contributed by atoms with van der Waals surface area (Å²) >= 11 is 0. The van der Waals surface area contributed by atoms with Gasteiger partial charge in [-0.3, -0.25) is 28.9 Å². The molecule has 256 valence electrons. The van der Waals surface area contributed by atoms with E-state index < -0.39 is 59.5 Å². The predicted octanol–water partition coefficient (Wildman–Crippen LogP) is 4.17. The zero-order chi connectivity index (χ0) is 35.0. The number of Topliss-reactive ketones (excluding diaryl/α,β-unsaturated/α-hetero) is 1. The van der Waals surface area contributed by atoms with Crippen LogP contribution >= 0.6 is 0 Å². The van der Waals surface area contributed by atoms with Gasteiger partial charge in [-0.2, -0.15) is 0 Å². The van der Waals surface area contributed by atoms with Crippen LogP contribution in [0.5, 0.6) is 11.5 Å². The van der Waals surface area contributed by atoms with Gasteiger partial charge < -0.3 is 24.4 Å². The molecule has 2 atom stereocenters.